The van der Waals surface area contributed by atoms with Gasteiger partial charge in [-0.25, -0.2) is 22.5 Å². The van der Waals surface area contributed by atoms with Crippen LogP contribution >= 0.6 is 11.6 Å². The number of rotatable bonds is 3. The van der Waals surface area contributed by atoms with E-state index in [9.17, 15) is 12.8 Å². The van der Waals surface area contributed by atoms with Gasteiger partial charge in [0.15, 0.2) is 9.84 Å². The van der Waals surface area contributed by atoms with Crippen LogP contribution in [0.3, 0.4) is 0 Å². The van der Waals surface area contributed by atoms with Gasteiger partial charge >= 0.3 is 0 Å². The van der Waals surface area contributed by atoms with E-state index in [2.05, 4.69) is 10.1 Å². The number of nitrogens with zero attached hydrogens (tertiary/aromatic N) is 3. The number of aromatic nitrogens is 3. The van der Waals surface area contributed by atoms with Crippen molar-refractivity contribution < 1.29 is 12.8 Å². The molecule has 112 valence electrons. The van der Waals surface area contributed by atoms with Gasteiger partial charge in [-0.3, -0.25) is 0 Å². The molecule has 1 atom stereocenters. The fraction of sp³-hybridized carbons (Fsp3) is 0.385. The van der Waals surface area contributed by atoms with Crippen LogP contribution in [-0.2, 0) is 16.4 Å². The van der Waals surface area contributed by atoms with Crippen LogP contribution in [0.4, 0.5) is 4.39 Å². The molecule has 21 heavy (non-hydrogen) atoms. The fourth-order valence-corrected chi connectivity index (χ4v) is 4.50. The average molecular weight is 330 g/mol. The molecule has 0 saturated carbocycles. The SMILES string of the molecule is O=S1(=O)CC[C@@H](c2ncnn2Cc2c(F)cccc2Cl)C1. The van der Waals surface area contributed by atoms with Crippen LogP contribution in [0, 0.1) is 5.82 Å². The lowest BCUT2D eigenvalue weighted by molar-refractivity contribution is 0.555. The summed E-state index contributed by atoms with van der Waals surface area (Å²) in [7, 11) is -3.01. The Hall–Kier alpha value is -1.47. The standard InChI is InChI=1S/C13H13ClFN3O2S/c14-11-2-1-3-12(15)10(11)6-18-13(16-8-17-18)9-4-5-21(19,20)7-9/h1-3,8-9H,4-7H2/t9-/m1/s1. The first-order valence-corrected chi connectivity index (χ1v) is 8.67. The van der Waals surface area contributed by atoms with E-state index in [1.54, 1.807) is 6.07 Å². The molecule has 1 saturated heterocycles. The van der Waals surface area contributed by atoms with Gasteiger partial charge < -0.3 is 0 Å². The van der Waals surface area contributed by atoms with Crippen molar-refractivity contribution in [2.24, 2.45) is 0 Å². The number of benzene rings is 1. The summed E-state index contributed by atoms with van der Waals surface area (Å²) in [6.07, 6.45) is 1.88. The van der Waals surface area contributed by atoms with Crippen molar-refractivity contribution in [1.82, 2.24) is 14.8 Å². The highest BCUT2D eigenvalue weighted by molar-refractivity contribution is 7.91. The number of halogens is 2. The largest absolute Gasteiger partial charge is 0.245 e. The van der Waals surface area contributed by atoms with E-state index < -0.39 is 15.7 Å². The minimum Gasteiger partial charge on any atom is -0.245 e. The molecule has 0 radical (unpaired) electrons. The van der Waals surface area contributed by atoms with Crippen LogP contribution < -0.4 is 0 Å². The predicted molar refractivity (Wildman–Crippen MR) is 76.5 cm³/mol. The highest BCUT2D eigenvalue weighted by Crippen LogP contribution is 2.28. The molecule has 1 aromatic heterocycles. The van der Waals surface area contributed by atoms with Gasteiger partial charge in [-0.05, 0) is 18.6 Å². The van der Waals surface area contributed by atoms with Crippen LogP contribution in [0.2, 0.25) is 5.02 Å². The van der Waals surface area contributed by atoms with Crippen LogP contribution in [-0.4, -0.2) is 34.7 Å². The molecule has 0 bridgehead atoms. The van der Waals surface area contributed by atoms with Gasteiger partial charge in [0.1, 0.15) is 18.0 Å². The highest BCUT2D eigenvalue weighted by atomic mass is 35.5. The second-order valence-electron chi connectivity index (χ2n) is 5.08. The summed E-state index contributed by atoms with van der Waals surface area (Å²) >= 11 is 6.01. The maximum atomic E-state index is 13.8. The Bertz CT molecular complexity index is 755. The summed E-state index contributed by atoms with van der Waals surface area (Å²) in [5.41, 5.74) is 0.326. The summed E-state index contributed by atoms with van der Waals surface area (Å²) in [5.74, 6) is 0.184. The minimum absolute atomic E-state index is 0.0662. The van der Waals surface area contributed by atoms with Gasteiger partial charge in [-0.1, -0.05) is 17.7 Å². The van der Waals surface area contributed by atoms with Crippen molar-refractivity contribution in [2.45, 2.75) is 18.9 Å². The van der Waals surface area contributed by atoms with Gasteiger partial charge in [0, 0.05) is 16.5 Å². The van der Waals surface area contributed by atoms with E-state index in [1.165, 1.54) is 23.1 Å². The van der Waals surface area contributed by atoms with Gasteiger partial charge in [0.25, 0.3) is 0 Å². The van der Waals surface area contributed by atoms with E-state index in [1.807, 2.05) is 0 Å². The Labute approximate surface area is 126 Å². The molecule has 0 N–H and O–H groups in total. The summed E-state index contributed by atoms with van der Waals surface area (Å²) in [6, 6.07) is 4.47. The molecular formula is C13H13ClFN3O2S. The lowest BCUT2D eigenvalue weighted by Gasteiger charge is -2.11. The molecular weight excluding hydrogens is 317 g/mol. The maximum absolute atomic E-state index is 13.8. The first kappa shape index (κ1) is 14.5. The van der Waals surface area contributed by atoms with E-state index in [4.69, 9.17) is 11.6 Å². The zero-order chi connectivity index (χ0) is 15.0. The monoisotopic (exact) mass is 329 g/mol. The molecule has 5 nitrogen and oxygen atoms in total. The second kappa shape index (κ2) is 5.38. The van der Waals surface area contributed by atoms with Crippen molar-refractivity contribution in [3.8, 4) is 0 Å². The molecule has 1 fully saturated rings. The van der Waals surface area contributed by atoms with Crippen LogP contribution in [0.15, 0.2) is 24.5 Å². The summed E-state index contributed by atoms with van der Waals surface area (Å²) in [5, 5.41) is 4.39. The van der Waals surface area contributed by atoms with Gasteiger partial charge in [-0.15, -0.1) is 0 Å². The Morgan fingerprint density at radius 3 is 2.90 bits per heavy atom. The molecule has 2 aromatic rings. The quantitative estimate of drug-likeness (QED) is 0.864. The zero-order valence-electron chi connectivity index (χ0n) is 11.0. The zero-order valence-corrected chi connectivity index (χ0v) is 12.6. The predicted octanol–water partition coefficient (Wildman–Crippen LogP) is 2.02. The van der Waals surface area contributed by atoms with E-state index in [0.717, 1.165) is 0 Å². The van der Waals surface area contributed by atoms with E-state index in [-0.39, 0.29) is 24.0 Å². The van der Waals surface area contributed by atoms with E-state index in [0.29, 0.717) is 22.8 Å². The van der Waals surface area contributed by atoms with Crippen LogP contribution in [0.25, 0.3) is 0 Å². The second-order valence-corrected chi connectivity index (χ2v) is 7.71. The normalized spacial score (nSPS) is 20.8. The molecule has 0 amide bonds. The molecule has 8 heteroatoms. The third kappa shape index (κ3) is 2.94. The number of hydrogen-bond donors (Lipinski definition) is 0. The first-order chi connectivity index (χ1) is 9.96. The molecule has 1 aliphatic rings. The Morgan fingerprint density at radius 1 is 1.43 bits per heavy atom. The topological polar surface area (TPSA) is 64.8 Å². The Morgan fingerprint density at radius 2 is 2.24 bits per heavy atom. The van der Waals surface area contributed by atoms with Crippen molar-refractivity contribution in [3.05, 3.63) is 46.8 Å². The average Bonchev–Trinajstić information content (AvgIpc) is 3.00. The molecule has 1 aromatic carbocycles. The third-order valence-electron chi connectivity index (χ3n) is 3.61. The van der Waals surface area contributed by atoms with Gasteiger partial charge in [0.2, 0.25) is 0 Å². The minimum atomic E-state index is -3.01. The lowest BCUT2D eigenvalue weighted by Crippen LogP contribution is -2.13. The molecule has 1 aliphatic heterocycles. The van der Waals surface area contributed by atoms with Crippen LogP contribution in [0.1, 0.15) is 23.7 Å². The van der Waals surface area contributed by atoms with Crippen molar-refractivity contribution in [3.63, 3.8) is 0 Å². The first-order valence-electron chi connectivity index (χ1n) is 6.47. The Kier molecular flexibility index (Phi) is 3.71. The molecule has 2 heterocycles. The summed E-state index contributed by atoms with van der Waals surface area (Å²) in [4.78, 5) is 4.14. The van der Waals surface area contributed by atoms with Crippen LogP contribution in [0.5, 0.6) is 0 Å². The van der Waals surface area contributed by atoms with Crippen molar-refractivity contribution in [1.29, 1.82) is 0 Å². The molecule has 3 rings (SSSR count). The lowest BCUT2D eigenvalue weighted by atomic mass is 10.1. The number of sulfone groups is 1. The maximum Gasteiger partial charge on any atom is 0.151 e. The van der Waals surface area contributed by atoms with Gasteiger partial charge in [-0.2, -0.15) is 5.10 Å². The smallest absolute Gasteiger partial charge is 0.151 e. The fourth-order valence-electron chi connectivity index (χ4n) is 2.54. The third-order valence-corrected chi connectivity index (χ3v) is 5.73. The van der Waals surface area contributed by atoms with E-state index >= 15 is 0 Å². The molecule has 0 aliphatic carbocycles. The summed E-state index contributed by atoms with van der Waals surface area (Å²) in [6.45, 7) is 0.136. The molecule has 0 unspecified atom stereocenters. The Balaban J connectivity index is 1.90. The molecule has 0 spiro atoms. The summed E-state index contributed by atoms with van der Waals surface area (Å²) < 4.78 is 38.5. The van der Waals surface area contributed by atoms with Gasteiger partial charge in [0.05, 0.1) is 18.1 Å². The van der Waals surface area contributed by atoms with Crippen molar-refractivity contribution >= 4 is 21.4 Å². The highest BCUT2D eigenvalue weighted by Gasteiger charge is 2.32. The van der Waals surface area contributed by atoms with Crippen molar-refractivity contribution in [2.75, 3.05) is 11.5 Å². The number of hydrogen-bond acceptors (Lipinski definition) is 4.